The lowest BCUT2D eigenvalue weighted by Gasteiger charge is -2.09. The highest BCUT2D eigenvalue weighted by Gasteiger charge is 2.17. The van der Waals surface area contributed by atoms with Gasteiger partial charge in [0.1, 0.15) is 5.75 Å². The summed E-state index contributed by atoms with van der Waals surface area (Å²) in [6, 6.07) is 8.26. The molecule has 0 aromatic heterocycles. The molecule has 0 saturated carbocycles. The lowest BCUT2D eigenvalue weighted by molar-refractivity contribution is 0.171. The molecule has 5 nitrogen and oxygen atoms in total. The van der Waals surface area contributed by atoms with E-state index in [2.05, 4.69) is 0 Å². The minimum atomic E-state index is -1.36. The molecular weight excluding hydrogens is 209 g/mol. The van der Waals surface area contributed by atoms with E-state index in [0.29, 0.717) is 17.7 Å². The number of aliphatic hydroxyl groups is 1. The Morgan fingerprint density at radius 2 is 2.00 bits per heavy atom. The summed E-state index contributed by atoms with van der Waals surface area (Å²) in [5.41, 5.74) is 0.517. The van der Waals surface area contributed by atoms with Gasteiger partial charge in [-0.25, -0.2) is 0 Å². The lowest BCUT2D eigenvalue weighted by atomic mass is 10.2. The average Bonchev–Trinajstić information content (AvgIpc) is 2.30. The second-order valence-corrected chi connectivity index (χ2v) is 3.01. The van der Waals surface area contributed by atoms with Crippen molar-refractivity contribution in [2.24, 2.45) is 0 Å². The first-order chi connectivity index (χ1) is 7.76. The second-order valence-electron chi connectivity index (χ2n) is 3.01. The van der Waals surface area contributed by atoms with Crippen LogP contribution >= 0.6 is 0 Å². The molecule has 0 aliphatic carbocycles. The fraction of sp³-hybridized carbons (Fsp3) is 0.300. The molecule has 0 aliphatic heterocycles. The van der Waals surface area contributed by atoms with Crippen LogP contribution in [0.4, 0.5) is 0 Å². The van der Waals surface area contributed by atoms with Gasteiger partial charge in [-0.15, -0.1) is 0 Å². The molecule has 84 valence electrons. The van der Waals surface area contributed by atoms with Crippen molar-refractivity contribution in [1.29, 1.82) is 5.26 Å². The summed E-state index contributed by atoms with van der Waals surface area (Å²) in [7, 11) is -1.36. The Balaban J connectivity index is 2.38. The fourth-order valence-corrected chi connectivity index (χ4v) is 1.01. The zero-order valence-corrected chi connectivity index (χ0v) is 8.67. The number of hydrogen-bond acceptors (Lipinski definition) is 5. The van der Waals surface area contributed by atoms with E-state index >= 15 is 0 Å². The number of nitriles is 1. The van der Waals surface area contributed by atoms with Crippen LogP contribution in [0.5, 0.6) is 5.75 Å². The molecule has 2 N–H and O–H groups in total. The zero-order chi connectivity index (χ0) is 11.8. The highest BCUT2D eigenvalue weighted by Crippen LogP contribution is 2.12. The maximum atomic E-state index is 9.26. The molecule has 16 heavy (non-hydrogen) atoms. The van der Waals surface area contributed by atoms with E-state index in [9.17, 15) is 5.02 Å². The lowest BCUT2D eigenvalue weighted by Crippen LogP contribution is -2.26. The van der Waals surface area contributed by atoms with Crippen LogP contribution in [0.15, 0.2) is 24.3 Å². The summed E-state index contributed by atoms with van der Waals surface area (Å²) in [5, 5.41) is 26.3. The Bertz CT molecular complexity index is 349. The van der Waals surface area contributed by atoms with Gasteiger partial charge in [-0.1, -0.05) is 0 Å². The van der Waals surface area contributed by atoms with E-state index in [1.807, 2.05) is 6.07 Å². The third-order valence-electron chi connectivity index (χ3n) is 1.78. The van der Waals surface area contributed by atoms with Crippen LogP contribution in [0.1, 0.15) is 12.0 Å². The average molecular weight is 221 g/mol. The fourth-order valence-electron chi connectivity index (χ4n) is 1.01. The predicted molar refractivity (Wildman–Crippen MR) is 57.4 cm³/mol. The largest absolute Gasteiger partial charge is 0.710 e. The van der Waals surface area contributed by atoms with Crippen LogP contribution in [-0.2, 0) is 4.65 Å². The van der Waals surface area contributed by atoms with Crippen LogP contribution < -0.4 is 4.65 Å². The number of benzene rings is 1. The number of nitrogens with zero attached hydrogens (tertiary/aromatic N) is 1. The van der Waals surface area contributed by atoms with Crippen molar-refractivity contribution in [3.63, 3.8) is 0 Å². The summed E-state index contributed by atoms with van der Waals surface area (Å²) >= 11 is 0. The van der Waals surface area contributed by atoms with E-state index in [-0.39, 0.29) is 13.2 Å². The smallest absolute Gasteiger partial charge is 0.512 e. The molecule has 0 heterocycles. The Kier molecular flexibility index (Phi) is 5.36. The first kappa shape index (κ1) is 12.5. The molecule has 0 bridgehead atoms. The SMILES string of the molecule is N#Cc1ccc(OB(O)OCCCO)cc1. The summed E-state index contributed by atoms with van der Waals surface area (Å²) in [4.78, 5) is 0. The molecule has 0 saturated heterocycles. The van der Waals surface area contributed by atoms with Gasteiger partial charge in [0.05, 0.1) is 11.6 Å². The highest BCUT2D eigenvalue weighted by molar-refractivity contribution is 6.35. The van der Waals surface area contributed by atoms with E-state index < -0.39 is 7.32 Å². The van der Waals surface area contributed by atoms with Gasteiger partial charge in [0.15, 0.2) is 0 Å². The van der Waals surface area contributed by atoms with Crippen molar-refractivity contribution in [2.75, 3.05) is 13.2 Å². The predicted octanol–water partition coefficient (Wildman–Crippen LogP) is 0.313. The van der Waals surface area contributed by atoms with Gasteiger partial charge in [-0.05, 0) is 30.7 Å². The first-order valence-electron chi connectivity index (χ1n) is 4.83. The maximum absolute atomic E-state index is 9.26. The van der Waals surface area contributed by atoms with Crippen molar-refractivity contribution < 1.29 is 19.4 Å². The van der Waals surface area contributed by atoms with E-state index in [4.69, 9.17) is 19.7 Å². The van der Waals surface area contributed by atoms with Crippen LogP contribution in [0.3, 0.4) is 0 Å². The van der Waals surface area contributed by atoms with Crippen LogP contribution in [0, 0.1) is 11.3 Å². The van der Waals surface area contributed by atoms with Gasteiger partial charge in [0.2, 0.25) is 0 Å². The normalized spacial score (nSPS) is 9.56. The molecule has 0 atom stereocenters. The van der Waals surface area contributed by atoms with Gasteiger partial charge in [-0.2, -0.15) is 5.26 Å². The molecule has 0 unspecified atom stereocenters. The summed E-state index contributed by atoms with van der Waals surface area (Å²) < 4.78 is 9.85. The number of rotatable bonds is 6. The topological polar surface area (TPSA) is 82.7 Å². The van der Waals surface area contributed by atoms with Gasteiger partial charge >= 0.3 is 7.32 Å². The van der Waals surface area contributed by atoms with Crippen molar-refractivity contribution in [3.05, 3.63) is 29.8 Å². The Morgan fingerprint density at radius 1 is 1.31 bits per heavy atom. The van der Waals surface area contributed by atoms with Gasteiger partial charge in [0.25, 0.3) is 0 Å². The van der Waals surface area contributed by atoms with Gasteiger partial charge in [-0.3, -0.25) is 0 Å². The quantitative estimate of drug-likeness (QED) is 0.533. The molecule has 0 radical (unpaired) electrons. The van der Waals surface area contributed by atoms with E-state index in [1.54, 1.807) is 24.3 Å². The standard InChI is InChI=1S/C10H12BNO4/c12-8-9-2-4-10(5-3-9)16-11(14)15-7-1-6-13/h2-5,13-14H,1,6-7H2. The van der Waals surface area contributed by atoms with Gasteiger partial charge in [0, 0.05) is 13.2 Å². The van der Waals surface area contributed by atoms with Crippen LogP contribution in [0.2, 0.25) is 0 Å². The van der Waals surface area contributed by atoms with E-state index in [1.165, 1.54) is 0 Å². The molecular formula is C10H12BNO4. The van der Waals surface area contributed by atoms with Crippen LogP contribution in [-0.4, -0.2) is 30.7 Å². The first-order valence-corrected chi connectivity index (χ1v) is 4.83. The van der Waals surface area contributed by atoms with Crippen molar-refractivity contribution >= 4 is 7.32 Å². The minimum Gasteiger partial charge on any atom is -0.512 e. The molecule has 0 amide bonds. The molecule has 1 aromatic rings. The zero-order valence-electron chi connectivity index (χ0n) is 8.67. The Hall–Kier alpha value is -1.55. The summed E-state index contributed by atoms with van der Waals surface area (Å²) in [6.07, 6.45) is 0.438. The molecule has 1 rings (SSSR count). The second kappa shape index (κ2) is 6.85. The third kappa shape index (κ3) is 4.32. The molecule has 0 spiro atoms. The molecule has 6 heteroatoms. The van der Waals surface area contributed by atoms with E-state index in [0.717, 1.165) is 0 Å². The van der Waals surface area contributed by atoms with Crippen molar-refractivity contribution in [2.45, 2.75) is 6.42 Å². The Morgan fingerprint density at radius 3 is 2.56 bits per heavy atom. The Labute approximate surface area is 94.0 Å². The molecule has 0 fully saturated rings. The number of hydrogen-bond donors (Lipinski definition) is 2. The van der Waals surface area contributed by atoms with Crippen molar-refractivity contribution in [3.8, 4) is 11.8 Å². The number of aliphatic hydroxyl groups excluding tert-OH is 1. The third-order valence-corrected chi connectivity index (χ3v) is 1.78. The van der Waals surface area contributed by atoms with Crippen molar-refractivity contribution in [1.82, 2.24) is 0 Å². The van der Waals surface area contributed by atoms with Gasteiger partial charge < -0.3 is 19.4 Å². The monoisotopic (exact) mass is 221 g/mol. The molecule has 0 aliphatic rings. The maximum Gasteiger partial charge on any atom is 0.710 e. The molecule has 1 aromatic carbocycles. The highest BCUT2D eigenvalue weighted by atomic mass is 16.7. The van der Waals surface area contributed by atoms with Crippen LogP contribution in [0.25, 0.3) is 0 Å². The summed E-state index contributed by atoms with van der Waals surface area (Å²) in [5.74, 6) is 0.412. The minimum absolute atomic E-state index is 0.00356. The summed E-state index contributed by atoms with van der Waals surface area (Å²) in [6.45, 7) is 0.220.